The summed E-state index contributed by atoms with van der Waals surface area (Å²) < 4.78 is 9.09. The number of nitrogens with zero attached hydrogens (tertiary/aromatic N) is 6. The number of aryl methyl sites for hydroxylation is 1. The Hall–Kier alpha value is -2.86. The zero-order chi connectivity index (χ0) is 19.8. The highest BCUT2D eigenvalue weighted by atomic mass is 16.6. The quantitative estimate of drug-likeness (QED) is 0.436. The fourth-order valence-corrected chi connectivity index (χ4v) is 3.32. The highest BCUT2D eigenvalue weighted by Crippen LogP contribution is 2.31. The lowest BCUT2D eigenvalue weighted by Crippen LogP contribution is -2.37. The molecule has 0 saturated carbocycles. The second kappa shape index (κ2) is 7.28. The zero-order valence-electron chi connectivity index (χ0n) is 15.3. The summed E-state index contributed by atoms with van der Waals surface area (Å²) in [7, 11) is 0. The van der Waals surface area contributed by atoms with Gasteiger partial charge in [-0.2, -0.15) is 5.10 Å². The first-order valence-corrected chi connectivity index (χ1v) is 8.82. The number of rotatable bonds is 6. The van der Waals surface area contributed by atoms with E-state index in [0.29, 0.717) is 24.3 Å². The van der Waals surface area contributed by atoms with Crippen LogP contribution in [0, 0.1) is 6.92 Å². The highest BCUT2D eigenvalue weighted by molar-refractivity contribution is 5.81. The van der Waals surface area contributed by atoms with E-state index in [-0.39, 0.29) is 5.82 Å². The molecule has 1 aliphatic rings. The Labute approximate surface area is 160 Å². The molecule has 5 N–H and O–H groups in total. The highest BCUT2D eigenvalue weighted by Gasteiger charge is 2.44. The lowest BCUT2D eigenvalue weighted by Gasteiger charge is -2.16. The molecule has 148 valence electrons. The molecule has 1 saturated heterocycles. The molecule has 1 fully saturated rings. The van der Waals surface area contributed by atoms with Gasteiger partial charge in [0.1, 0.15) is 30.2 Å². The molecule has 0 aromatic carbocycles. The molecule has 0 spiro atoms. The van der Waals surface area contributed by atoms with Crippen LogP contribution in [0.4, 0.5) is 5.82 Å². The monoisotopic (exact) mass is 386 g/mol. The van der Waals surface area contributed by atoms with Gasteiger partial charge >= 0.3 is 0 Å². The molecule has 4 heterocycles. The van der Waals surface area contributed by atoms with Crippen LogP contribution in [0.25, 0.3) is 17.4 Å². The Kier molecular flexibility index (Phi) is 4.81. The van der Waals surface area contributed by atoms with Crippen LogP contribution in [0.1, 0.15) is 17.5 Å². The molecule has 4 rings (SSSR count). The third-order valence-corrected chi connectivity index (χ3v) is 4.86. The van der Waals surface area contributed by atoms with Crippen LogP contribution in [0.2, 0.25) is 0 Å². The molecule has 11 nitrogen and oxygen atoms in total. The lowest BCUT2D eigenvalue weighted by molar-refractivity contribution is -0.0342. The Morgan fingerprint density at radius 2 is 2.14 bits per heavy atom. The maximum atomic E-state index is 10.5. The number of imidazole rings is 1. The third-order valence-electron chi connectivity index (χ3n) is 4.86. The van der Waals surface area contributed by atoms with Gasteiger partial charge in [0, 0.05) is 31.0 Å². The van der Waals surface area contributed by atoms with Crippen LogP contribution in [-0.4, -0.2) is 64.4 Å². The lowest BCUT2D eigenvalue weighted by atomic mass is 10.1. The van der Waals surface area contributed by atoms with Gasteiger partial charge in [-0.3, -0.25) is 4.57 Å². The molecule has 28 heavy (non-hydrogen) atoms. The van der Waals surface area contributed by atoms with E-state index in [1.807, 2.05) is 13.1 Å². The number of ether oxygens (including phenoxy) is 1. The van der Waals surface area contributed by atoms with Crippen molar-refractivity contribution in [1.82, 2.24) is 34.6 Å². The van der Waals surface area contributed by atoms with Crippen LogP contribution >= 0.6 is 0 Å². The Morgan fingerprint density at radius 3 is 2.89 bits per heavy atom. The van der Waals surface area contributed by atoms with Gasteiger partial charge in [-0.25, -0.2) is 19.6 Å². The molecule has 4 atom stereocenters. The first-order chi connectivity index (χ1) is 13.5. The molecule has 0 aliphatic carbocycles. The minimum atomic E-state index is -1.13. The number of fused-ring (bicyclic) bond motifs is 1. The summed E-state index contributed by atoms with van der Waals surface area (Å²) in [6, 6.07) is 0. The van der Waals surface area contributed by atoms with Gasteiger partial charge in [0.25, 0.3) is 0 Å². The van der Waals surface area contributed by atoms with Gasteiger partial charge in [-0.1, -0.05) is 6.58 Å². The number of nitrogens with two attached hydrogens (primary N) is 1. The van der Waals surface area contributed by atoms with Gasteiger partial charge in [0.15, 0.2) is 17.7 Å². The minimum absolute atomic E-state index is 0.241. The number of anilines is 1. The summed E-state index contributed by atoms with van der Waals surface area (Å²) in [5.74, 6) is 0.241. The van der Waals surface area contributed by atoms with E-state index >= 15 is 0 Å². The summed E-state index contributed by atoms with van der Waals surface area (Å²) in [5.41, 5.74) is 8.56. The van der Waals surface area contributed by atoms with Crippen LogP contribution in [0.3, 0.4) is 0 Å². The molecule has 1 aliphatic heterocycles. The van der Waals surface area contributed by atoms with Crippen LogP contribution in [-0.2, 0) is 11.3 Å². The van der Waals surface area contributed by atoms with Crippen molar-refractivity contribution in [1.29, 1.82) is 0 Å². The Bertz CT molecular complexity index is 1000. The zero-order valence-corrected chi connectivity index (χ0v) is 15.3. The average Bonchev–Trinajstić information content (AvgIpc) is 3.34. The third kappa shape index (κ3) is 3.14. The van der Waals surface area contributed by atoms with E-state index in [1.54, 1.807) is 15.4 Å². The summed E-state index contributed by atoms with van der Waals surface area (Å²) in [6.45, 7) is 6.48. The molecule has 3 aromatic rings. The number of aliphatic hydroxyl groups excluding tert-OH is 2. The number of aromatic nitrogens is 6. The topological polar surface area (TPSA) is 149 Å². The average molecular weight is 386 g/mol. The van der Waals surface area contributed by atoms with Gasteiger partial charge in [0.2, 0.25) is 0 Å². The van der Waals surface area contributed by atoms with Crippen LogP contribution in [0.15, 0.2) is 25.4 Å². The molecule has 0 radical (unpaired) electrons. The number of aliphatic hydroxyl groups is 2. The maximum Gasteiger partial charge on any atom is 0.167 e. The van der Waals surface area contributed by atoms with Gasteiger partial charge < -0.3 is 26.0 Å². The van der Waals surface area contributed by atoms with Crippen molar-refractivity contribution >= 4 is 23.2 Å². The van der Waals surface area contributed by atoms with E-state index in [9.17, 15) is 10.2 Å². The van der Waals surface area contributed by atoms with Crippen molar-refractivity contribution in [3.63, 3.8) is 0 Å². The van der Waals surface area contributed by atoms with Crippen LogP contribution in [0.5, 0.6) is 0 Å². The first-order valence-electron chi connectivity index (χ1n) is 8.82. The molecular formula is C17H22N8O3. The number of nitrogens with one attached hydrogen (secondary N) is 1. The standard InChI is InChI=1S/C17H22N8O3/c1-3-24-6-10(9(2)23-24)4-19-5-11-13(26)14(27)17(28-11)25-8-22-12-15(18)20-7-21-16(12)25/h3,6-8,11,13-14,17,19,26-27H,1,4-5H2,2H3,(H2,18,20,21)/t11-,13-,14-,17-/m1/s1. The fourth-order valence-electron chi connectivity index (χ4n) is 3.32. The molecule has 0 bridgehead atoms. The molecule has 0 amide bonds. The molecule has 0 unspecified atom stereocenters. The number of hydrogen-bond acceptors (Lipinski definition) is 9. The van der Waals surface area contributed by atoms with Crippen LogP contribution < -0.4 is 11.1 Å². The smallest absolute Gasteiger partial charge is 0.167 e. The number of nitrogen functional groups attached to an aromatic ring is 1. The Morgan fingerprint density at radius 1 is 1.32 bits per heavy atom. The van der Waals surface area contributed by atoms with Crippen molar-refractivity contribution in [3.05, 3.63) is 36.7 Å². The second-order valence-corrected chi connectivity index (χ2v) is 6.66. The molecule has 3 aromatic heterocycles. The maximum absolute atomic E-state index is 10.5. The van der Waals surface area contributed by atoms with Crippen molar-refractivity contribution in [3.8, 4) is 0 Å². The predicted octanol–water partition coefficient (Wildman–Crippen LogP) is -0.577. The van der Waals surface area contributed by atoms with Gasteiger partial charge in [-0.05, 0) is 6.92 Å². The largest absolute Gasteiger partial charge is 0.387 e. The predicted molar refractivity (Wildman–Crippen MR) is 101 cm³/mol. The minimum Gasteiger partial charge on any atom is -0.387 e. The number of hydrogen-bond donors (Lipinski definition) is 4. The molecule has 11 heteroatoms. The summed E-state index contributed by atoms with van der Waals surface area (Å²) in [6.07, 6.45) is 2.65. The second-order valence-electron chi connectivity index (χ2n) is 6.66. The van der Waals surface area contributed by atoms with E-state index in [4.69, 9.17) is 10.5 Å². The first kappa shape index (κ1) is 18.5. The van der Waals surface area contributed by atoms with E-state index in [2.05, 4.69) is 31.9 Å². The van der Waals surface area contributed by atoms with Crippen molar-refractivity contribution in [2.75, 3.05) is 12.3 Å². The van der Waals surface area contributed by atoms with Crippen molar-refractivity contribution in [2.24, 2.45) is 0 Å². The van der Waals surface area contributed by atoms with E-state index < -0.39 is 24.5 Å². The van der Waals surface area contributed by atoms with Crippen molar-refractivity contribution in [2.45, 2.75) is 38.0 Å². The summed E-state index contributed by atoms with van der Waals surface area (Å²) in [4.78, 5) is 12.2. The molecular weight excluding hydrogens is 364 g/mol. The van der Waals surface area contributed by atoms with Gasteiger partial charge in [0.05, 0.1) is 12.0 Å². The normalized spacial score (nSPS) is 24.8. The Balaban J connectivity index is 1.44. The van der Waals surface area contributed by atoms with E-state index in [0.717, 1.165) is 11.3 Å². The fraction of sp³-hybridized carbons (Fsp3) is 0.412. The van der Waals surface area contributed by atoms with Crippen molar-refractivity contribution < 1.29 is 14.9 Å². The van der Waals surface area contributed by atoms with E-state index in [1.165, 1.54) is 12.7 Å². The summed E-state index contributed by atoms with van der Waals surface area (Å²) >= 11 is 0. The summed E-state index contributed by atoms with van der Waals surface area (Å²) in [5, 5.41) is 28.4. The SMILES string of the molecule is C=Cn1cc(CNC[C@H]2O[C@@H](n3cnc4c(N)ncnc43)[C@H](O)[C@@H]2O)c(C)n1. The van der Waals surface area contributed by atoms with Gasteiger partial charge in [-0.15, -0.1) is 0 Å².